The van der Waals surface area contributed by atoms with Crippen molar-refractivity contribution >= 4 is 17.2 Å². The number of aromatic nitrogens is 3. The van der Waals surface area contributed by atoms with Crippen LogP contribution in [0.2, 0.25) is 0 Å². The summed E-state index contributed by atoms with van der Waals surface area (Å²) in [6, 6.07) is 9.48. The summed E-state index contributed by atoms with van der Waals surface area (Å²) in [5.74, 6) is 1.83. The molecule has 3 heterocycles. The first-order valence-electron chi connectivity index (χ1n) is 8.90. The summed E-state index contributed by atoms with van der Waals surface area (Å²) in [5.41, 5.74) is 4.01. The third-order valence-corrected chi connectivity index (χ3v) is 5.21. The van der Waals surface area contributed by atoms with Gasteiger partial charge in [0.15, 0.2) is 5.82 Å². The fraction of sp³-hybridized carbons (Fsp3) is 0.300. The summed E-state index contributed by atoms with van der Waals surface area (Å²) in [4.78, 5) is 28.0. The molecular weight excluding hydrogens is 360 g/mol. The minimum Gasteiger partial charge on any atom is -0.439 e. The molecule has 2 aromatic heterocycles. The number of carbonyl (C=O) groups excluding carboxylic acids is 1. The number of ether oxygens (including phenoxy) is 1. The van der Waals surface area contributed by atoms with E-state index >= 15 is 0 Å². The number of likely N-dealkylation sites (tertiary alicyclic amines) is 1. The molecule has 1 saturated heterocycles. The second-order valence-corrected chi connectivity index (χ2v) is 7.32. The van der Waals surface area contributed by atoms with Crippen molar-refractivity contribution in [1.82, 2.24) is 19.9 Å². The first kappa shape index (κ1) is 17.6. The average molecular weight is 380 g/mol. The van der Waals surface area contributed by atoms with E-state index in [1.807, 2.05) is 49.1 Å². The van der Waals surface area contributed by atoms with Crippen molar-refractivity contribution in [3.05, 3.63) is 64.0 Å². The molecule has 27 heavy (non-hydrogen) atoms. The third kappa shape index (κ3) is 3.68. The van der Waals surface area contributed by atoms with Crippen molar-refractivity contribution in [3.8, 4) is 11.6 Å². The van der Waals surface area contributed by atoms with Gasteiger partial charge in [-0.05, 0) is 38.3 Å². The van der Waals surface area contributed by atoms with Gasteiger partial charge in [0.1, 0.15) is 11.4 Å². The van der Waals surface area contributed by atoms with Gasteiger partial charge in [-0.3, -0.25) is 4.79 Å². The van der Waals surface area contributed by atoms with Crippen LogP contribution in [0.4, 0.5) is 0 Å². The smallest absolute Gasteiger partial charge is 0.273 e. The van der Waals surface area contributed by atoms with E-state index in [2.05, 4.69) is 15.0 Å². The fourth-order valence-electron chi connectivity index (χ4n) is 3.29. The zero-order valence-corrected chi connectivity index (χ0v) is 16.1. The highest BCUT2D eigenvalue weighted by molar-refractivity contribution is 7.07. The molecule has 1 atom stereocenters. The topological polar surface area (TPSA) is 68.2 Å². The highest BCUT2D eigenvalue weighted by Gasteiger charge is 2.33. The molecule has 1 aliphatic heterocycles. The maximum Gasteiger partial charge on any atom is 0.273 e. The lowest BCUT2D eigenvalue weighted by Gasteiger charge is -2.23. The largest absolute Gasteiger partial charge is 0.439 e. The average Bonchev–Trinajstić information content (AvgIpc) is 3.35. The normalized spacial score (nSPS) is 16.5. The van der Waals surface area contributed by atoms with Crippen LogP contribution in [0.25, 0.3) is 0 Å². The maximum atomic E-state index is 12.8. The van der Waals surface area contributed by atoms with Crippen LogP contribution >= 0.6 is 11.3 Å². The molecule has 0 aliphatic carbocycles. The van der Waals surface area contributed by atoms with Crippen molar-refractivity contribution in [1.29, 1.82) is 0 Å². The van der Waals surface area contributed by atoms with Gasteiger partial charge in [-0.15, -0.1) is 11.3 Å². The van der Waals surface area contributed by atoms with E-state index < -0.39 is 0 Å². The number of rotatable bonds is 4. The van der Waals surface area contributed by atoms with Gasteiger partial charge in [0, 0.05) is 23.7 Å². The van der Waals surface area contributed by atoms with E-state index in [4.69, 9.17) is 4.74 Å². The van der Waals surface area contributed by atoms with Gasteiger partial charge in [-0.2, -0.15) is 4.98 Å². The van der Waals surface area contributed by atoms with Gasteiger partial charge in [-0.25, -0.2) is 9.97 Å². The highest BCUT2D eigenvalue weighted by Crippen LogP contribution is 2.33. The molecule has 6 nitrogen and oxygen atoms in total. The number of hydrogen-bond acceptors (Lipinski definition) is 6. The van der Waals surface area contributed by atoms with Crippen LogP contribution in [0.1, 0.15) is 46.5 Å². The molecule has 0 saturated carbocycles. The Bertz CT molecular complexity index is 958. The zero-order chi connectivity index (χ0) is 18.8. The number of para-hydroxylation sites is 1. The van der Waals surface area contributed by atoms with E-state index in [-0.39, 0.29) is 11.9 Å². The van der Waals surface area contributed by atoms with E-state index in [1.165, 1.54) is 11.3 Å². The van der Waals surface area contributed by atoms with Crippen molar-refractivity contribution in [2.45, 2.75) is 32.7 Å². The van der Waals surface area contributed by atoms with Crippen LogP contribution in [0.15, 0.2) is 41.2 Å². The van der Waals surface area contributed by atoms with Crippen LogP contribution in [0.3, 0.4) is 0 Å². The Morgan fingerprint density at radius 2 is 2.11 bits per heavy atom. The summed E-state index contributed by atoms with van der Waals surface area (Å²) >= 11 is 1.42. The van der Waals surface area contributed by atoms with E-state index in [1.54, 1.807) is 10.9 Å². The monoisotopic (exact) mass is 380 g/mol. The molecular formula is C20H20N4O2S. The van der Waals surface area contributed by atoms with Crippen molar-refractivity contribution < 1.29 is 9.53 Å². The first-order chi connectivity index (χ1) is 13.1. The number of thiazole rings is 1. The summed E-state index contributed by atoms with van der Waals surface area (Å²) < 4.78 is 5.99. The maximum absolute atomic E-state index is 12.8. The zero-order valence-electron chi connectivity index (χ0n) is 15.3. The van der Waals surface area contributed by atoms with E-state index in [9.17, 15) is 4.79 Å². The molecule has 4 rings (SSSR count). The van der Waals surface area contributed by atoms with Crippen LogP contribution in [-0.4, -0.2) is 32.3 Å². The van der Waals surface area contributed by atoms with Gasteiger partial charge in [0.2, 0.25) is 5.88 Å². The Balaban J connectivity index is 1.62. The quantitative estimate of drug-likeness (QED) is 0.674. The number of carbonyl (C=O) groups is 1. The molecule has 1 aliphatic rings. The standard InChI is InChI=1S/C20H20N4O2S/c1-13-6-3-4-8-17(13)26-18-10-14(2)22-19(23-18)16-7-5-9-24(16)20(25)15-11-27-12-21-15/h3-4,6,8,10-12,16H,5,7,9H2,1-2H3/t16-/m0/s1. The van der Waals surface area contributed by atoms with E-state index in [0.29, 0.717) is 23.9 Å². The lowest BCUT2D eigenvalue weighted by molar-refractivity contribution is 0.0724. The molecule has 1 fully saturated rings. The van der Waals surface area contributed by atoms with E-state index in [0.717, 1.165) is 29.8 Å². The molecule has 1 aromatic carbocycles. The van der Waals surface area contributed by atoms with Gasteiger partial charge < -0.3 is 9.64 Å². The van der Waals surface area contributed by atoms with Crippen molar-refractivity contribution in [2.24, 2.45) is 0 Å². The predicted octanol–water partition coefficient (Wildman–Crippen LogP) is 4.32. The third-order valence-electron chi connectivity index (χ3n) is 4.62. The van der Waals surface area contributed by atoms with Crippen LogP contribution in [-0.2, 0) is 0 Å². The van der Waals surface area contributed by atoms with Crippen LogP contribution < -0.4 is 4.74 Å². The lowest BCUT2D eigenvalue weighted by atomic mass is 10.2. The molecule has 7 heteroatoms. The number of amides is 1. The Morgan fingerprint density at radius 3 is 2.89 bits per heavy atom. The van der Waals surface area contributed by atoms with Gasteiger partial charge >= 0.3 is 0 Å². The Hall–Kier alpha value is -2.80. The predicted molar refractivity (Wildman–Crippen MR) is 103 cm³/mol. The number of benzene rings is 1. The molecule has 0 N–H and O–H groups in total. The summed E-state index contributed by atoms with van der Waals surface area (Å²) in [6.45, 7) is 4.60. The Labute approximate surface area is 161 Å². The number of nitrogens with zero attached hydrogens (tertiary/aromatic N) is 4. The molecule has 0 radical (unpaired) electrons. The molecule has 138 valence electrons. The Morgan fingerprint density at radius 1 is 1.26 bits per heavy atom. The van der Waals surface area contributed by atoms with Crippen molar-refractivity contribution in [2.75, 3.05) is 6.54 Å². The minimum absolute atomic E-state index is 0.0646. The second-order valence-electron chi connectivity index (χ2n) is 6.60. The molecule has 1 amide bonds. The molecule has 0 unspecified atom stereocenters. The van der Waals surface area contributed by atoms with Crippen LogP contribution in [0.5, 0.6) is 11.6 Å². The number of aryl methyl sites for hydroxylation is 2. The van der Waals surface area contributed by atoms with Gasteiger partial charge in [-0.1, -0.05) is 18.2 Å². The summed E-state index contributed by atoms with van der Waals surface area (Å²) in [6.07, 6.45) is 1.76. The Kier molecular flexibility index (Phi) is 4.85. The first-order valence-corrected chi connectivity index (χ1v) is 9.84. The van der Waals surface area contributed by atoms with Gasteiger partial charge in [0.05, 0.1) is 11.6 Å². The molecule has 0 bridgehead atoms. The SMILES string of the molecule is Cc1cc(Oc2ccccc2C)nc([C@@H]2CCCN2C(=O)c2cscn2)n1. The molecule has 3 aromatic rings. The second kappa shape index (κ2) is 7.44. The fourth-order valence-corrected chi connectivity index (χ4v) is 3.82. The minimum atomic E-state index is -0.154. The molecule has 0 spiro atoms. The van der Waals surface area contributed by atoms with Crippen molar-refractivity contribution in [3.63, 3.8) is 0 Å². The summed E-state index contributed by atoms with van der Waals surface area (Å²) in [5, 5.41) is 1.78. The van der Waals surface area contributed by atoms with Crippen LogP contribution in [0, 0.1) is 13.8 Å². The summed E-state index contributed by atoms with van der Waals surface area (Å²) in [7, 11) is 0. The van der Waals surface area contributed by atoms with Gasteiger partial charge in [0.25, 0.3) is 5.91 Å². The number of hydrogen-bond donors (Lipinski definition) is 0. The lowest BCUT2D eigenvalue weighted by Crippen LogP contribution is -2.31. The highest BCUT2D eigenvalue weighted by atomic mass is 32.1.